The molecule has 46 heavy (non-hydrogen) atoms. The van der Waals surface area contributed by atoms with Crippen molar-refractivity contribution in [2.45, 2.75) is 19.6 Å². The normalized spacial score (nSPS) is 14.3. The quantitative estimate of drug-likeness (QED) is 0.228. The van der Waals surface area contributed by atoms with Gasteiger partial charge in [0.1, 0.15) is 35.7 Å². The van der Waals surface area contributed by atoms with E-state index in [-0.39, 0.29) is 17.3 Å². The Labute approximate surface area is 268 Å². The highest BCUT2D eigenvalue weighted by molar-refractivity contribution is 7.07. The predicted molar refractivity (Wildman–Crippen MR) is 176 cm³/mol. The number of hydrogen-bond acceptors (Lipinski definition) is 7. The minimum atomic E-state index is -0.815. The lowest BCUT2D eigenvalue weighted by atomic mass is 9.94. The van der Waals surface area contributed by atoms with Crippen LogP contribution in [0.3, 0.4) is 0 Å². The van der Waals surface area contributed by atoms with Gasteiger partial charge in [0.05, 0.1) is 30.0 Å². The largest absolute Gasteiger partial charge is 0.497 e. The monoisotopic (exact) mass is 635 g/mol. The number of carbonyl (C=O) groups is 1. The summed E-state index contributed by atoms with van der Waals surface area (Å²) in [5.74, 6) is 1.01. The zero-order chi connectivity index (χ0) is 32.2. The number of rotatable bonds is 9. The second-order valence-electron chi connectivity index (χ2n) is 10.5. The van der Waals surface area contributed by atoms with Gasteiger partial charge in [-0.1, -0.05) is 53.8 Å². The fourth-order valence-corrected chi connectivity index (χ4v) is 6.28. The van der Waals surface area contributed by atoms with Crippen molar-refractivity contribution < 1.29 is 23.4 Å². The molecule has 4 aromatic carbocycles. The average Bonchev–Trinajstić information content (AvgIpc) is 3.38. The van der Waals surface area contributed by atoms with Gasteiger partial charge < -0.3 is 19.5 Å². The van der Waals surface area contributed by atoms with Gasteiger partial charge in [0, 0.05) is 17.3 Å². The van der Waals surface area contributed by atoms with Crippen LogP contribution in [0.1, 0.15) is 29.7 Å². The zero-order valence-corrected chi connectivity index (χ0v) is 26.1. The van der Waals surface area contributed by atoms with Crippen LogP contribution in [0.4, 0.5) is 10.1 Å². The summed E-state index contributed by atoms with van der Waals surface area (Å²) in [6.45, 7) is 2.07. The molecule has 10 heteroatoms. The third-order valence-electron chi connectivity index (χ3n) is 7.53. The van der Waals surface area contributed by atoms with Crippen molar-refractivity contribution in [2.24, 2.45) is 4.99 Å². The number of hydrogen-bond donors (Lipinski definition) is 1. The number of anilines is 1. The molecular weight excluding hydrogens is 605 g/mol. The van der Waals surface area contributed by atoms with Crippen molar-refractivity contribution in [3.05, 3.63) is 151 Å². The van der Waals surface area contributed by atoms with Gasteiger partial charge >= 0.3 is 0 Å². The first kappa shape index (κ1) is 30.5. The van der Waals surface area contributed by atoms with Crippen LogP contribution in [0, 0.1) is 5.82 Å². The number of nitrogens with zero attached hydrogens (tertiary/aromatic N) is 2. The lowest BCUT2D eigenvalue weighted by Crippen LogP contribution is -2.40. The van der Waals surface area contributed by atoms with E-state index in [9.17, 15) is 14.0 Å². The number of amides is 1. The molecular formula is C36H30FN3O5S. The number of methoxy groups -OCH3 is 2. The summed E-state index contributed by atoms with van der Waals surface area (Å²) in [4.78, 5) is 33.2. The third-order valence-corrected chi connectivity index (χ3v) is 8.51. The third kappa shape index (κ3) is 6.33. The molecule has 0 radical (unpaired) electrons. The number of allylic oxidation sites excluding steroid dienone is 1. The number of para-hydroxylation sites is 1. The maximum absolute atomic E-state index is 14.1. The lowest BCUT2D eigenvalue weighted by Gasteiger charge is -2.26. The Bertz CT molecular complexity index is 2100. The van der Waals surface area contributed by atoms with Gasteiger partial charge in [0.25, 0.3) is 11.5 Å². The summed E-state index contributed by atoms with van der Waals surface area (Å²) in [6, 6.07) is 27.1. The van der Waals surface area contributed by atoms with E-state index in [1.54, 1.807) is 67.1 Å². The SMILES string of the molecule is COc1ccc([C@@H]2C(C(=O)Nc3ccccc3)=C(C)N=c3s/c(=C\c4ccc(OCc5ccc(F)cc5)cc4)c(=O)n32)c(OC)c1. The number of nitrogens with one attached hydrogen (secondary N) is 1. The lowest BCUT2D eigenvalue weighted by molar-refractivity contribution is -0.113. The molecule has 0 unspecified atom stereocenters. The van der Waals surface area contributed by atoms with Crippen LogP contribution in [0.2, 0.25) is 0 Å². The smallest absolute Gasteiger partial charge is 0.271 e. The van der Waals surface area contributed by atoms with Gasteiger partial charge in [-0.25, -0.2) is 9.38 Å². The highest BCUT2D eigenvalue weighted by Gasteiger charge is 2.34. The van der Waals surface area contributed by atoms with E-state index in [1.165, 1.54) is 30.6 Å². The fourth-order valence-electron chi connectivity index (χ4n) is 5.23. The first-order valence-corrected chi connectivity index (χ1v) is 15.2. The molecule has 1 N–H and O–H groups in total. The summed E-state index contributed by atoms with van der Waals surface area (Å²) in [5, 5.41) is 2.96. The van der Waals surface area contributed by atoms with Gasteiger partial charge in [0.15, 0.2) is 4.80 Å². The summed E-state index contributed by atoms with van der Waals surface area (Å²) in [5.41, 5.74) is 3.40. The molecule has 1 amide bonds. The van der Waals surface area contributed by atoms with E-state index in [1.807, 2.05) is 42.5 Å². The van der Waals surface area contributed by atoms with Crippen LogP contribution < -0.4 is 34.4 Å². The van der Waals surface area contributed by atoms with Crippen molar-refractivity contribution in [1.82, 2.24) is 4.57 Å². The summed E-state index contributed by atoms with van der Waals surface area (Å²) >= 11 is 1.25. The topological polar surface area (TPSA) is 91.2 Å². The first-order valence-electron chi connectivity index (χ1n) is 14.4. The molecule has 0 aliphatic carbocycles. The van der Waals surface area contributed by atoms with Crippen molar-refractivity contribution in [1.29, 1.82) is 0 Å². The van der Waals surface area contributed by atoms with Gasteiger partial charge in [-0.15, -0.1) is 0 Å². The Hall–Kier alpha value is -5.48. The van der Waals surface area contributed by atoms with E-state index in [4.69, 9.17) is 19.2 Å². The molecule has 6 rings (SSSR count). The van der Waals surface area contributed by atoms with Gasteiger partial charge in [-0.05, 0) is 72.7 Å². The fraction of sp³-hybridized carbons (Fsp3) is 0.139. The molecule has 1 aliphatic heterocycles. The predicted octanol–water partition coefficient (Wildman–Crippen LogP) is 5.61. The van der Waals surface area contributed by atoms with E-state index in [0.29, 0.717) is 55.7 Å². The Morgan fingerprint density at radius 2 is 1.67 bits per heavy atom. The minimum absolute atomic E-state index is 0.291. The van der Waals surface area contributed by atoms with Crippen molar-refractivity contribution in [2.75, 3.05) is 19.5 Å². The number of fused-ring (bicyclic) bond motifs is 1. The van der Waals surface area contributed by atoms with E-state index >= 15 is 0 Å². The molecule has 0 spiro atoms. The standard InChI is InChI=1S/C36H30FN3O5S/c1-22-32(34(41)39-26-7-5-4-6-8-26)33(29-18-17-28(43-2)20-30(29)44-3)40-35(42)31(46-36(40)38-22)19-23-11-15-27(16-12-23)45-21-24-9-13-25(37)14-10-24/h4-20,33H,21H2,1-3H3,(H,39,41)/b31-19-/t33-/m1/s1. The van der Waals surface area contributed by atoms with Crippen molar-refractivity contribution >= 4 is 29.0 Å². The van der Waals surface area contributed by atoms with Gasteiger partial charge in [-0.3, -0.25) is 14.2 Å². The number of thiazole rings is 1. The Morgan fingerprint density at radius 3 is 2.37 bits per heavy atom. The molecule has 1 aromatic heterocycles. The maximum Gasteiger partial charge on any atom is 0.271 e. The second kappa shape index (κ2) is 13.3. The van der Waals surface area contributed by atoms with Crippen LogP contribution >= 0.6 is 11.3 Å². The van der Waals surface area contributed by atoms with Gasteiger partial charge in [-0.2, -0.15) is 0 Å². The molecule has 0 saturated heterocycles. The zero-order valence-electron chi connectivity index (χ0n) is 25.3. The molecule has 0 saturated carbocycles. The van der Waals surface area contributed by atoms with Crippen molar-refractivity contribution in [3.63, 3.8) is 0 Å². The van der Waals surface area contributed by atoms with Gasteiger partial charge in [0.2, 0.25) is 0 Å². The number of halogens is 1. The summed E-state index contributed by atoms with van der Waals surface area (Å²) in [7, 11) is 3.10. The molecule has 1 atom stereocenters. The molecule has 232 valence electrons. The molecule has 0 bridgehead atoms. The second-order valence-corrected chi connectivity index (χ2v) is 11.5. The molecule has 5 aromatic rings. The van der Waals surface area contributed by atoms with Crippen LogP contribution in [0.15, 0.2) is 118 Å². The maximum atomic E-state index is 14.1. The van der Waals surface area contributed by atoms with E-state index in [0.717, 1.165) is 11.1 Å². The first-order chi connectivity index (χ1) is 22.3. The molecule has 1 aliphatic rings. The number of aromatic nitrogens is 1. The molecule has 2 heterocycles. The Balaban J connectivity index is 1.38. The van der Waals surface area contributed by atoms with Crippen LogP contribution in [0.5, 0.6) is 17.2 Å². The Morgan fingerprint density at radius 1 is 0.957 bits per heavy atom. The Kier molecular flexibility index (Phi) is 8.80. The number of benzene rings is 4. The van der Waals surface area contributed by atoms with Crippen molar-refractivity contribution in [3.8, 4) is 17.2 Å². The van der Waals surface area contributed by atoms with Crippen LogP contribution in [0.25, 0.3) is 6.08 Å². The highest BCUT2D eigenvalue weighted by atomic mass is 32.1. The number of ether oxygens (including phenoxy) is 3. The number of carbonyl (C=O) groups excluding carboxylic acids is 1. The van der Waals surface area contributed by atoms with E-state index < -0.39 is 6.04 Å². The summed E-state index contributed by atoms with van der Waals surface area (Å²) in [6.07, 6.45) is 1.79. The molecule has 0 fully saturated rings. The van der Waals surface area contributed by atoms with E-state index in [2.05, 4.69) is 5.32 Å². The minimum Gasteiger partial charge on any atom is -0.497 e. The molecule has 8 nitrogen and oxygen atoms in total. The average molecular weight is 636 g/mol. The highest BCUT2D eigenvalue weighted by Crippen LogP contribution is 2.37. The van der Waals surface area contributed by atoms with Crippen LogP contribution in [-0.2, 0) is 11.4 Å². The summed E-state index contributed by atoms with van der Waals surface area (Å²) < 4.78 is 32.2. The van der Waals surface area contributed by atoms with Crippen LogP contribution in [-0.4, -0.2) is 24.7 Å².